The quantitative estimate of drug-likeness (QED) is 0.530. The third-order valence-corrected chi connectivity index (χ3v) is 4.49. The summed E-state index contributed by atoms with van der Waals surface area (Å²) in [6.45, 7) is 2.48. The van der Waals surface area contributed by atoms with E-state index in [0.717, 1.165) is 0 Å². The minimum atomic E-state index is -0.361. The van der Waals surface area contributed by atoms with Gasteiger partial charge in [0, 0.05) is 7.05 Å². The number of esters is 1. The molecule has 0 aliphatic carbocycles. The number of carbonyl (C=O) groups is 2. The highest BCUT2D eigenvalue weighted by Gasteiger charge is 2.15. The lowest BCUT2D eigenvalue weighted by molar-refractivity contribution is -0.142. The maximum absolute atomic E-state index is 12.2. The van der Waals surface area contributed by atoms with E-state index in [-0.39, 0.29) is 24.8 Å². The van der Waals surface area contributed by atoms with Crippen LogP contribution in [0.2, 0.25) is 5.02 Å². The molecule has 0 atom stereocenters. The van der Waals surface area contributed by atoms with Crippen LogP contribution in [0.3, 0.4) is 0 Å². The fourth-order valence-electron chi connectivity index (χ4n) is 2.40. The van der Waals surface area contributed by atoms with E-state index in [4.69, 9.17) is 28.6 Å². The molecular weight excluding hydrogens is 390 g/mol. The van der Waals surface area contributed by atoms with Gasteiger partial charge in [-0.25, -0.2) is 4.68 Å². The molecule has 0 saturated heterocycles. The van der Waals surface area contributed by atoms with Crippen LogP contribution in [0, 0.1) is 4.77 Å². The molecule has 146 valence electrons. The van der Waals surface area contributed by atoms with Crippen LogP contribution in [-0.4, -0.2) is 51.3 Å². The van der Waals surface area contributed by atoms with Gasteiger partial charge in [0.2, 0.25) is 5.91 Å². The van der Waals surface area contributed by atoms with Crippen molar-refractivity contribution in [3.63, 3.8) is 0 Å². The Balaban J connectivity index is 1.98. The van der Waals surface area contributed by atoms with E-state index in [1.165, 1.54) is 0 Å². The molecule has 0 fully saturated rings. The summed E-state index contributed by atoms with van der Waals surface area (Å²) in [6, 6.07) is 7.03. The first-order valence-electron chi connectivity index (χ1n) is 8.33. The van der Waals surface area contributed by atoms with Gasteiger partial charge in [-0.15, -0.1) is 0 Å². The van der Waals surface area contributed by atoms with E-state index in [0.29, 0.717) is 34.6 Å². The number of amides is 1. The number of aromatic nitrogens is 3. The lowest BCUT2D eigenvalue weighted by Gasteiger charge is -2.16. The molecule has 2 rings (SSSR count). The smallest absolute Gasteiger partial charge is 0.313 e. The van der Waals surface area contributed by atoms with Gasteiger partial charge in [-0.2, -0.15) is 5.10 Å². The number of para-hydroxylation sites is 1. The predicted molar refractivity (Wildman–Crippen MR) is 105 cm³/mol. The topological polar surface area (TPSA) is 81.4 Å². The molecule has 8 nitrogen and oxygen atoms in total. The number of nitrogens with zero attached hydrogens (tertiary/aromatic N) is 4. The Hall–Kier alpha value is -2.23. The van der Waals surface area contributed by atoms with Gasteiger partial charge in [0.1, 0.15) is 12.2 Å². The lowest BCUT2D eigenvalue weighted by Crippen LogP contribution is -2.32. The standard InChI is InChI=1S/C17H22ClN5O3S/c1-4-26-16(25)9-14-20-23(17(27)22(14)3)11-21(2)10-15(24)19-13-8-6-5-7-12(13)18/h5-8H,4,9-11H2,1-3H3,(H,19,24). The second kappa shape index (κ2) is 9.63. The van der Waals surface area contributed by atoms with Crippen LogP contribution in [0.4, 0.5) is 5.69 Å². The Morgan fingerprint density at radius 1 is 1.37 bits per heavy atom. The summed E-state index contributed by atoms with van der Waals surface area (Å²) in [5, 5.41) is 7.60. The summed E-state index contributed by atoms with van der Waals surface area (Å²) >= 11 is 11.4. The minimum absolute atomic E-state index is 0.0394. The number of rotatable bonds is 8. The third-order valence-electron chi connectivity index (χ3n) is 3.68. The van der Waals surface area contributed by atoms with E-state index in [9.17, 15) is 9.59 Å². The number of carbonyl (C=O) groups excluding carboxylic acids is 2. The monoisotopic (exact) mass is 411 g/mol. The van der Waals surface area contributed by atoms with Gasteiger partial charge in [-0.05, 0) is 38.3 Å². The van der Waals surface area contributed by atoms with Crippen molar-refractivity contribution >= 4 is 41.4 Å². The van der Waals surface area contributed by atoms with E-state index in [2.05, 4.69) is 10.4 Å². The number of anilines is 1. The van der Waals surface area contributed by atoms with E-state index in [1.54, 1.807) is 59.4 Å². The maximum Gasteiger partial charge on any atom is 0.313 e. The maximum atomic E-state index is 12.2. The molecule has 0 aliphatic rings. The Morgan fingerprint density at radius 3 is 2.74 bits per heavy atom. The molecule has 27 heavy (non-hydrogen) atoms. The highest BCUT2D eigenvalue weighted by molar-refractivity contribution is 7.71. The Kier molecular flexibility index (Phi) is 7.52. The number of hydrogen-bond acceptors (Lipinski definition) is 6. The second-order valence-electron chi connectivity index (χ2n) is 5.92. The molecule has 0 spiro atoms. The van der Waals surface area contributed by atoms with Crippen molar-refractivity contribution in [1.82, 2.24) is 19.2 Å². The van der Waals surface area contributed by atoms with Gasteiger partial charge >= 0.3 is 5.97 Å². The first-order chi connectivity index (χ1) is 12.8. The van der Waals surface area contributed by atoms with Crippen LogP contribution in [0.5, 0.6) is 0 Å². The molecule has 0 bridgehead atoms. The summed E-state index contributed by atoms with van der Waals surface area (Å²) in [7, 11) is 3.51. The number of nitrogens with one attached hydrogen (secondary N) is 1. The largest absolute Gasteiger partial charge is 0.466 e. The molecule has 0 aliphatic heterocycles. The highest BCUT2D eigenvalue weighted by Crippen LogP contribution is 2.20. The summed E-state index contributed by atoms with van der Waals surface area (Å²) in [6.07, 6.45) is 0.0394. The fraction of sp³-hybridized carbons (Fsp3) is 0.412. The van der Waals surface area contributed by atoms with Crippen LogP contribution in [-0.2, 0) is 34.5 Å². The van der Waals surface area contributed by atoms with Crippen LogP contribution in [0.1, 0.15) is 12.7 Å². The molecule has 1 aromatic heterocycles. The molecule has 1 aromatic carbocycles. The third kappa shape index (κ3) is 5.88. The zero-order chi connectivity index (χ0) is 20.0. The van der Waals surface area contributed by atoms with Gasteiger partial charge in [-0.1, -0.05) is 23.7 Å². The number of ether oxygens (including phenoxy) is 1. The number of likely N-dealkylation sites (N-methyl/N-ethyl adjacent to an activating group) is 1. The van der Waals surface area contributed by atoms with Crippen LogP contribution in [0.15, 0.2) is 24.3 Å². The first kappa shape index (κ1) is 21.1. The van der Waals surface area contributed by atoms with Crippen molar-refractivity contribution in [2.45, 2.75) is 20.0 Å². The van der Waals surface area contributed by atoms with Crippen molar-refractivity contribution in [3.8, 4) is 0 Å². The summed E-state index contributed by atoms with van der Waals surface area (Å²) < 4.78 is 8.61. The second-order valence-corrected chi connectivity index (χ2v) is 6.70. The molecule has 0 saturated carbocycles. The molecular formula is C17H22ClN5O3S. The molecule has 1 N–H and O–H groups in total. The summed E-state index contributed by atoms with van der Waals surface area (Å²) in [5.41, 5.74) is 0.559. The first-order valence-corrected chi connectivity index (χ1v) is 9.11. The van der Waals surface area contributed by atoms with E-state index < -0.39 is 0 Å². The predicted octanol–water partition coefficient (Wildman–Crippen LogP) is 2.24. The number of hydrogen-bond donors (Lipinski definition) is 1. The molecule has 1 amide bonds. The Bertz CT molecular complexity index is 880. The van der Waals surface area contributed by atoms with Gasteiger partial charge in [0.25, 0.3) is 0 Å². The van der Waals surface area contributed by atoms with Gasteiger partial charge in [0.05, 0.1) is 30.5 Å². The highest BCUT2D eigenvalue weighted by atomic mass is 35.5. The van der Waals surface area contributed by atoms with E-state index in [1.807, 2.05) is 0 Å². The normalized spacial score (nSPS) is 10.9. The van der Waals surface area contributed by atoms with Gasteiger partial charge in [-0.3, -0.25) is 14.5 Å². The number of benzene rings is 1. The van der Waals surface area contributed by atoms with Crippen LogP contribution < -0.4 is 5.32 Å². The van der Waals surface area contributed by atoms with Gasteiger partial charge in [0.15, 0.2) is 4.77 Å². The molecule has 10 heteroatoms. The average Bonchev–Trinajstić information content (AvgIpc) is 2.85. The van der Waals surface area contributed by atoms with E-state index >= 15 is 0 Å². The van der Waals surface area contributed by atoms with Crippen molar-refractivity contribution < 1.29 is 14.3 Å². The summed E-state index contributed by atoms with van der Waals surface area (Å²) in [5.74, 6) is -0.0626. The van der Waals surface area contributed by atoms with Crippen molar-refractivity contribution in [2.24, 2.45) is 7.05 Å². The molecule has 1 heterocycles. The van der Waals surface area contributed by atoms with Crippen LogP contribution >= 0.6 is 23.8 Å². The Morgan fingerprint density at radius 2 is 2.07 bits per heavy atom. The van der Waals surface area contributed by atoms with Crippen molar-refractivity contribution in [1.29, 1.82) is 0 Å². The molecule has 0 radical (unpaired) electrons. The minimum Gasteiger partial charge on any atom is -0.466 e. The fourth-order valence-corrected chi connectivity index (χ4v) is 2.78. The molecule has 2 aromatic rings. The SMILES string of the molecule is CCOC(=O)Cc1nn(CN(C)CC(=O)Nc2ccccc2Cl)c(=S)n1C. The zero-order valence-corrected chi connectivity index (χ0v) is 17.0. The zero-order valence-electron chi connectivity index (χ0n) is 15.4. The number of halogens is 1. The Labute approximate surface area is 167 Å². The summed E-state index contributed by atoms with van der Waals surface area (Å²) in [4.78, 5) is 25.6. The average molecular weight is 412 g/mol. The van der Waals surface area contributed by atoms with Crippen molar-refractivity contribution in [2.75, 3.05) is 25.5 Å². The molecule has 0 unspecified atom stereocenters. The lowest BCUT2D eigenvalue weighted by atomic mass is 10.3. The van der Waals surface area contributed by atoms with Gasteiger partial charge < -0.3 is 14.6 Å². The van der Waals surface area contributed by atoms with Crippen LogP contribution in [0.25, 0.3) is 0 Å². The van der Waals surface area contributed by atoms with Crippen molar-refractivity contribution in [3.05, 3.63) is 39.9 Å².